The van der Waals surface area contributed by atoms with Crippen LogP contribution in [-0.4, -0.2) is 35.4 Å². The maximum atomic E-state index is 12.0. The number of nitrogens with one attached hydrogen (secondary N) is 1. The van der Waals surface area contributed by atoms with Gasteiger partial charge in [0.1, 0.15) is 17.4 Å². The van der Waals surface area contributed by atoms with Crippen LogP contribution in [0.5, 0.6) is 5.75 Å². The minimum Gasteiger partial charge on any atom is -0.488 e. The van der Waals surface area contributed by atoms with Crippen LogP contribution in [0.2, 0.25) is 0 Å². The van der Waals surface area contributed by atoms with Crippen LogP contribution in [0.1, 0.15) is 30.6 Å². The molecule has 6 nitrogen and oxygen atoms in total. The van der Waals surface area contributed by atoms with Crippen LogP contribution in [0.3, 0.4) is 0 Å². The van der Waals surface area contributed by atoms with Gasteiger partial charge in [-0.05, 0) is 25.5 Å². The highest BCUT2D eigenvalue weighted by Crippen LogP contribution is 2.27. The molecule has 0 amide bonds. The van der Waals surface area contributed by atoms with Crippen molar-refractivity contribution in [3.8, 4) is 5.75 Å². The zero-order valence-electron chi connectivity index (χ0n) is 11.7. The van der Waals surface area contributed by atoms with Gasteiger partial charge in [0, 0.05) is 11.9 Å². The molecule has 0 saturated heterocycles. The minimum atomic E-state index is -0.411. The van der Waals surface area contributed by atoms with Gasteiger partial charge < -0.3 is 15.2 Å². The van der Waals surface area contributed by atoms with E-state index in [1.54, 1.807) is 25.3 Å². The smallest absolute Gasteiger partial charge is 0.341 e. The summed E-state index contributed by atoms with van der Waals surface area (Å²) in [4.78, 5) is 12.0. The van der Waals surface area contributed by atoms with E-state index in [9.17, 15) is 4.79 Å². The Morgan fingerprint density at radius 1 is 1.45 bits per heavy atom. The van der Waals surface area contributed by atoms with Gasteiger partial charge in [-0.3, -0.25) is 5.10 Å². The van der Waals surface area contributed by atoms with E-state index in [1.807, 2.05) is 6.92 Å². The lowest BCUT2D eigenvalue weighted by atomic mass is 10.1. The summed E-state index contributed by atoms with van der Waals surface area (Å²) in [5, 5.41) is 7.65. The van der Waals surface area contributed by atoms with Gasteiger partial charge in [0.05, 0.1) is 18.3 Å². The Kier molecular flexibility index (Phi) is 4.57. The van der Waals surface area contributed by atoms with Crippen molar-refractivity contribution in [2.45, 2.75) is 26.4 Å². The van der Waals surface area contributed by atoms with Gasteiger partial charge in [0.15, 0.2) is 0 Å². The number of carbonyl (C=O) groups is 1. The summed E-state index contributed by atoms with van der Waals surface area (Å²) < 4.78 is 10.9. The van der Waals surface area contributed by atoms with E-state index in [0.29, 0.717) is 24.5 Å². The van der Waals surface area contributed by atoms with Crippen LogP contribution in [0.15, 0.2) is 18.3 Å². The summed E-state index contributed by atoms with van der Waals surface area (Å²) in [5.74, 6) is 0.0699. The minimum absolute atomic E-state index is 0.132. The zero-order valence-corrected chi connectivity index (χ0v) is 11.7. The van der Waals surface area contributed by atoms with Gasteiger partial charge in [-0.15, -0.1) is 0 Å². The number of benzene rings is 1. The molecule has 0 radical (unpaired) electrons. The van der Waals surface area contributed by atoms with Crippen LogP contribution in [0, 0.1) is 0 Å². The van der Waals surface area contributed by atoms with Gasteiger partial charge in [-0.2, -0.15) is 5.10 Å². The molecule has 20 heavy (non-hydrogen) atoms. The Morgan fingerprint density at radius 2 is 2.25 bits per heavy atom. The summed E-state index contributed by atoms with van der Waals surface area (Å²) in [6, 6.07) is 3.47. The fourth-order valence-corrected chi connectivity index (χ4v) is 1.91. The molecule has 0 saturated carbocycles. The highest BCUT2D eigenvalue weighted by molar-refractivity contribution is 5.97. The van der Waals surface area contributed by atoms with E-state index in [0.717, 1.165) is 17.3 Å². The fraction of sp³-hybridized carbons (Fsp3) is 0.429. The van der Waals surface area contributed by atoms with Gasteiger partial charge in [0.2, 0.25) is 0 Å². The van der Waals surface area contributed by atoms with E-state index in [1.165, 1.54) is 0 Å². The number of H-pyrrole nitrogens is 1. The average Bonchev–Trinajstić information content (AvgIpc) is 2.91. The zero-order chi connectivity index (χ0) is 14.5. The summed E-state index contributed by atoms with van der Waals surface area (Å²) in [5.41, 5.74) is 6.80. The number of hydrogen-bond acceptors (Lipinski definition) is 5. The second kappa shape index (κ2) is 6.38. The molecule has 1 aromatic carbocycles. The molecule has 0 aliphatic heterocycles. The molecule has 1 aromatic heterocycles. The number of fused-ring (bicyclic) bond motifs is 1. The van der Waals surface area contributed by atoms with E-state index in [2.05, 4.69) is 10.2 Å². The first-order valence-corrected chi connectivity index (χ1v) is 6.70. The number of hydrogen-bond donors (Lipinski definition) is 2. The Balaban J connectivity index is 2.42. The van der Waals surface area contributed by atoms with Crippen molar-refractivity contribution in [3.63, 3.8) is 0 Å². The van der Waals surface area contributed by atoms with Crippen molar-refractivity contribution in [1.82, 2.24) is 10.2 Å². The number of nitrogens with zero attached hydrogens (tertiary/aromatic N) is 1. The number of aromatic nitrogens is 2. The first-order chi connectivity index (χ1) is 9.69. The Morgan fingerprint density at radius 3 is 2.90 bits per heavy atom. The lowest BCUT2D eigenvalue weighted by molar-refractivity contribution is 0.0519. The molecule has 0 aliphatic carbocycles. The molecule has 0 bridgehead atoms. The molecule has 6 heteroatoms. The van der Waals surface area contributed by atoms with Gasteiger partial charge in [-0.1, -0.05) is 6.92 Å². The lowest BCUT2D eigenvalue weighted by Crippen LogP contribution is -2.26. The largest absolute Gasteiger partial charge is 0.488 e. The molecule has 0 aliphatic rings. The fourth-order valence-electron chi connectivity index (χ4n) is 1.91. The monoisotopic (exact) mass is 277 g/mol. The van der Waals surface area contributed by atoms with Crippen LogP contribution in [0.25, 0.3) is 10.9 Å². The predicted molar refractivity (Wildman–Crippen MR) is 75.8 cm³/mol. The van der Waals surface area contributed by atoms with Gasteiger partial charge in [-0.25, -0.2) is 4.79 Å². The van der Waals surface area contributed by atoms with Crippen LogP contribution < -0.4 is 10.5 Å². The summed E-state index contributed by atoms with van der Waals surface area (Å²) >= 11 is 0. The molecule has 1 atom stereocenters. The highest BCUT2D eigenvalue weighted by atomic mass is 16.5. The molecule has 2 rings (SSSR count). The number of ether oxygens (including phenoxy) is 2. The van der Waals surface area contributed by atoms with E-state index < -0.39 is 5.97 Å². The standard InChI is InChI=1S/C14H19N3O3/c1-3-10(7-15)20-13-5-9-8-16-17-12(9)6-11(13)14(18)19-4-2/h5-6,8,10H,3-4,7,15H2,1-2H3,(H,16,17). The van der Waals surface area contributed by atoms with Crippen molar-refractivity contribution >= 4 is 16.9 Å². The first kappa shape index (κ1) is 14.3. The maximum absolute atomic E-state index is 12.0. The second-order valence-electron chi connectivity index (χ2n) is 4.41. The summed E-state index contributed by atoms with van der Waals surface area (Å²) in [6.45, 7) is 4.45. The van der Waals surface area contributed by atoms with Crippen LogP contribution >= 0.6 is 0 Å². The van der Waals surface area contributed by atoms with Gasteiger partial charge >= 0.3 is 5.97 Å². The maximum Gasteiger partial charge on any atom is 0.341 e. The Labute approximate surface area is 117 Å². The number of rotatable bonds is 6. The van der Waals surface area contributed by atoms with Crippen LogP contribution in [0.4, 0.5) is 0 Å². The summed E-state index contributed by atoms with van der Waals surface area (Å²) in [6.07, 6.45) is 2.32. The molecular weight excluding hydrogens is 258 g/mol. The molecule has 0 fully saturated rings. The van der Waals surface area contributed by atoms with Crippen LogP contribution in [-0.2, 0) is 4.74 Å². The van der Waals surface area contributed by atoms with Gasteiger partial charge in [0.25, 0.3) is 0 Å². The third-order valence-corrected chi connectivity index (χ3v) is 3.05. The molecule has 108 valence electrons. The van der Waals surface area contributed by atoms with Crippen molar-refractivity contribution in [2.75, 3.05) is 13.2 Å². The second-order valence-corrected chi connectivity index (χ2v) is 4.41. The first-order valence-electron chi connectivity index (χ1n) is 6.70. The highest BCUT2D eigenvalue weighted by Gasteiger charge is 2.18. The Bertz CT molecular complexity index is 590. The molecule has 1 unspecified atom stereocenters. The molecule has 1 heterocycles. The number of carbonyl (C=O) groups excluding carboxylic acids is 1. The topological polar surface area (TPSA) is 90.2 Å². The lowest BCUT2D eigenvalue weighted by Gasteiger charge is -2.17. The molecule has 2 aromatic rings. The molecular formula is C14H19N3O3. The van der Waals surface area contributed by atoms with Crippen molar-refractivity contribution < 1.29 is 14.3 Å². The normalized spacial score (nSPS) is 12.3. The van der Waals surface area contributed by atoms with Crippen molar-refractivity contribution in [3.05, 3.63) is 23.9 Å². The van der Waals surface area contributed by atoms with Crippen molar-refractivity contribution in [2.24, 2.45) is 5.73 Å². The molecule has 3 N–H and O–H groups in total. The number of esters is 1. The third kappa shape index (κ3) is 2.91. The van der Waals surface area contributed by atoms with E-state index in [-0.39, 0.29) is 6.10 Å². The van der Waals surface area contributed by atoms with E-state index >= 15 is 0 Å². The number of nitrogens with two attached hydrogens (primary N) is 1. The average molecular weight is 277 g/mol. The SMILES string of the molecule is CCOC(=O)c1cc2[nH]ncc2cc1OC(CC)CN. The van der Waals surface area contributed by atoms with E-state index in [4.69, 9.17) is 15.2 Å². The third-order valence-electron chi connectivity index (χ3n) is 3.05. The predicted octanol–water partition coefficient (Wildman–Crippen LogP) is 1.86. The van der Waals surface area contributed by atoms with Crippen molar-refractivity contribution in [1.29, 1.82) is 0 Å². The summed E-state index contributed by atoms with van der Waals surface area (Å²) in [7, 11) is 0. The quantitative estimate of drug-likeness (QED) is 0.786. The Hall–Kier alpha value is -2.08. The molecule has 0 spiro atoms. The number of aromatic amines is 1.